The van der Waals surface area contributed by atoms with Gasteiger partial charge in [0.05, 0.1) is 19.3 Å². The van der Waals surface area contributed by atoms with Crippen LogP contribution in [0.25, 0.3) is 0 Å². The molecule has 3 rings (SSSR count). The number of ether oxygens (including phenoxy) is 1. The minimum atomic E-state index is -0.185. The van der Waals surface area contributed by atoms with Crippen molar-refractivity contribution >= 4 is 5.96 Å². The van der Waals surface area contributed by atoms with Gasteiger partial charge in [0, 0.05) is 18.2 Å². The number of aromatic nitrogens is 1. The first kappa shape index (κ1) is 18.2. The van der Waals surface area contributed by atoms with Crippen molar-refractivity contribution in [2.75, 3.05) is 26.2 Å². The van der Waals surface area contributed by atoms with Gasteiger partial charge in [0.2, 0.25) is 0 Å². The van der Waals surface area contributed by atoms with E-state index >= 15 is 0 Å². The summed E-state index contributed by atoms with van der Waals surface area (Å²) in [4.78, 5) is 8.72. The van der Waals surface area contributed by atoms with Gasteiger partial charge in [0.25, 0.3) is 0 Å². The van der Waals surface area contributed by atoms with Crippen molar-refractivity contribution in [2.45, 2.75) is 25.2 Å². The lowest BCUT2D eigenvalue weighted by atomic mass is 9.96. The van der Waals surface area contributed by atoms with E-state index in [1.165, 1.54) is 6.07 Å². The molecule has 1 aromatic heterocycles. The molecular formula is C20H25FN4O. The highest BCUT2D eigenvalue weighted by atomic mass is 19.1. The molecule has 0 aliphatic heterocycles. The van der Waals surface area contributed by atoms with E-state index in [9.17, 15) is 4.39 Å². The Morgan fingerprint density at radius 3 is 2.85 bits per heavy atom. The molecule has 1 aromatic carbocycles. The number of aliphatic imine (C=N–C) groups is 1. The molecule has 26 heavy (non-hydrogen) atoms. The quantitative estimate of drug-likeness (QED) is 0.434. The number of halogens is 1. The molecule has 2 aromatic rings. The van der Waals surface area contributed by atoms with Gasteiger partial charge in [0.15, 0.2) is 5.96 Å². The highest BCUT2D eigenvalue weighted by molar-refractivity contribution is 5.79. The van der Waals surface area contributed by atoms with Crippen LogP contribution in [0.3, 0.4) is 0 Å². The molecule has 0 amide bonds. The van der Waals surface area contributed by atoms with Gasteiger partial charge in [-0.05, 0) is 49.6 Å². The highest BCUT2D eigenvalue weighted by Gasteiger charge is 2.44. The van der Waals surface area contributed by atoms with E-state index in [1.54, 1.807) is 24.5 Å². The maximum absolute atomic E-state index is 13.5. The van der Waals surface area contributed by atoms with E-state index in [-0.39, 0.29) is 11.2 Å². The number of guanidine groups is 1. The minimum absolute atomic E-state index is 0.0172. The van der Waals surface area contributed by atoms with Crippen LogP contribution in [0.4, 0.5) is 4.39 Å². The molecule has 1 heterocycles. The van der Waals surface area contributed by atoms with Crippen molar-refractivity contribution in [3.63, 3.8) is 0 Å². The second kappa shape index (κ2) is 8.65. The number of rotatable bonds is 8. The topological polar surface area (TPSA) is 58.5 Å². The molecule has 0 bridgehead atoms. The van der Waals surface area contributed by atoms with Crippen LogP contribution >= 0.6 is 0 Å². The summed E-state index contributed by atoms with van der Waals surface area (Å²) in [6.07, 6.45) is 5.50. The van der Waals surface area contributed by atoms with E-state index in [0.29, 0.717) is 19.7 Å². The average Bonchev–Trinajstić information content (AvgIpc) is 3.45. The third kappa shape index (κ3) is 4.94. The minimum Gasteiger partial charge on any atom is -0.490 e. The normalized spacial score (nSPS) is 15.4. The molecule has 0 atom stereocenters. The van der Waals surface area contributed by atoms with Crippen LogP contribution in [0, 0.1) is 5.82 Å². The SMILES string of the molecule is CCNC(=NCC1(c2cccc(F)c2)CC1)NCCOc1cccnc1. The van der Waals surface area contributed by atoms with E-state index in [2.05, 4.69) is 15.6 Å². The molecule has 5 nitrogen and oxygen atoms in total. The summed E-state index contributed by atoms with van der Waals surface area (Å²) in [7, 11) is 0. The zero-order valence-corrected chi connectivity index (χ0v) is 15.0. The van der Waals surface area contributed by atoms with Crippen LogP contribution in [0.2, 0.25) is 0 Å². The van der Waals surface area contributed by atoms with Crippen LogP contribution in [0.15, 0.2) is 53.8 Å². The number of nitrogens with one attached hydrogen (secondary N) is 2. The second-order valence-electron chi connectivity index (χ2n) is 6.45. The smallest absolute Gasteiger partial charge is 0.191 e. The third-order valence-corrected chi connectivity index (χ3v) is 4.47. The summed E-state index contributed by atoms with van der Waals surface area (Å²) in [5.74, 6) is 1.32. The molecule has 1 aliphatic rings. The molecule has 0 radical (unpaired) electrons. The van der Waals surface area contributed by atoms with Crippen LogP contribution in [0.5, 0.6) is 5.75 Å². The van der Waals surface area contributed by atoms with Crippen LogP contribution < -0.4 is 15.4 Å². The van der Waals surface area contributed by atoms with Crippen LogP contribution in [0.1, 0.15) is 25.3 Å². The fraction of sp³-hybridized carbons (Fsp3) is 0.400. The number of hydrogen-bond acceptors (Lipinski definition) is 3. The average molecular weight is 356 g/mol. The van der Waals surface area contributed by atoms with Gasteiger partial charge >= 0.3 is 0 Å². The van der Waals surface area contributed by atoms with Crippen LogP contribution in [-0.4, -0.2) is 37.2 Å². The second-order valence-corrected chi connectivity index (χ2v) is 6.45. The van der Waals surface area contributed by atoms with E-state index in [0.717, 1.165) is 36.7 Å². The zero-order valence-electron chi connectivity index (χ0n) is 15.0. The number of benzene rings is 1. The van der Waals surface area contributed by atoms with Gasteiger partial charge in [0.1, 0.15) is 18.2 Å². The zero-order chi connectivity index (χ0) is 18.2. The Morgan fingerprint density at radius 1 is 1.27 bits per heavy atom. The predicted molar refractivity (Wildman–Crippen MR) is 101 cm³/mol. The fourth-order valence-electron chi connectivity index (χ4n) is 2.85. The van der Waals surface area contributed by atoms with Crippen molar-refractivity contribution in [3.8, 4) is 5.75 Å². The fourth-order valence-corrected chi connectivity index (χ4v) is 2.85. The third-order valence-electron chi connectivity index (χ3n) is 4.47. The Balaban J connectivity index is 1.52. The lowest BCUT2D eigenvalue weighted by Crippen LogP contribution is -2.39. The Hall–Kier alpha value is -2.63. The first-order chi connectivity index (χ1) is 12.7. The molecule has 0 unspecified atom stereocenters. The van der Waals surface area contributed by atoms with Gasteiger partial charge in [-0.2, -0.15) is 0 Å². The largest absolute Gasteiger partial charge is 0.490 e. The molecule has 1 aliphatic carbocycles. The maximum atomic E-state index is 13.5. The van der Waals surface area contributed by atoms with Crippen molar-refractivity contribution < 1.29 is 9.13 Å². The van der Waals surface area contributed by atoms with E-state index in [4.69, 9.17) is 9.73 Å². The molecule has 0 saturated heterocycles. The summed E-state index contributed by atoms with van der Waals surface area (Å²) in [5, 5.41) is 6.51. The predicted octanol–water partition coefficient (Wildman–Crippen LogP) is 2.89. The van der Waals surface area contributed by atoms with Crippen molar-refractivity contribution in [3.05, 3.63) is 60.2 Å². The van der Waals surface area contributed by atoms with Gasteiger partial charge in [-0.3, -0.25) is 9.98 Å². The molecule has 138 valence electrons. The number of nitrogens with zero attached hydrogens (tertiary/aromatic N) is 2. The Labute approximate surface area is 153 Å². The Bertz CT molecular complexity index is 732. The van der Waals surface area contributed by atoms with Crippen molar-refractivity contribution in [2.24, 2.45) is 4.99 Å². The summed E-state index contributed by atoms with van der Waals surface area (Å²) >= 11 is 0. The number of pyridine rings is 1. The van der Waals surface area contributed by atoms with E-state index < -0.39 is 0 Å². The summed E-state index contributed by atoms with van der Waals surface area (Å²) in [5.41, 5.74) is 1.02. The van der Waals surface area contributed by atoms with Crippen molar-refractivity contribution in [1.82, 2.24) is 15.6 Å². The van der Waals surface area contributed by atoms with Crippen molar-refractivity contribution in [1.29, 1.82) is 0 Å². The molecular weight excluding hydrogens is 331 g/mol. The molecule has 1 saturated carbocycles. The van der Waals surface area contributed by atoms with Gasteiger partial charge < -0.3 is 15.4 Å². The maximum Gasteiger partial charge on any atom is 0.191 e. The van der Waals surface area contributed by atoms with Crippen LogP contribution in [-0.2, 0) is 5.41 Å². The van der Waals surface area contributed by atoms with E-state index in [1.807, 2.05) is 25.1 Å². The summed E-state index contributed by atoms with van der Waals surface area (Å²) in [6.45, 7) is 4.61. The standard InChI is InChI=1S/C20H25FN4O/c1-2-23-19(24-11-12-26-18-7-4-10-22-14-18)25-15-20(8-9-20)16-5-3-6-17(21)13-16/h3-7,10,13-14H,2,8-9,11-12,15H2,1H3,(H2,23,24,25). The highest BCUT2D eigenvalue weighted by Crippen LogP contribution is 2.48. The van der Waals surface area contributed by atoms with Gasteiger partial charge in [-0.1, -0.05) is 12.1 Å². The lowest BCUT2D eigenvalue weighted by Gasteiger charge is -2.16. The summed E-state index contributed by atoms with van der Waals surface area (Å²) in [6, 6.07) is 10.6. The summed E-state index contributed by atoms with van der Waals surface area (Å²) < 4.78 is 19.1. The monoisotopic (exact) mass is 356 g/mol. The Kier molecular flexibility index (Phi) is 6.04. The van der Waals surface area contributed by atoms with Gasteiger partial charge in [-0.25, -0.2) is 4.39 Å². The molecule has 2 N–H and O–H groups in total. The molecule has 1 fully saturated rings. The first-order valence-corrected chi connectivity index (χ1v) is 9.03. The first-order valence-electron chi connectivity index (χ1n) is 9.03. The van der Waals surface area contributed by atoms with Gasteiger partial charge in [-0.15, -0.1) is 0 Å². The lowest BCUT2D eigenvalue weighted by molar-refractivity contribution is 0.320. The molecule has 0 spiro atoms. The Morgan fingerprint density at radius 2 is 2.15 bits per heavy atom. The number of hydrogen-bond donors (Lipinski definition) is 2. The molecule has 6 heteroatoms.